The molecule has 0 aliphatic carbocycles. The van der Waals surface area contributed by atoms with Gasteiger partial charge in [-0.2, -0.15) is 0 Å². The number of carbonyl (C=O) groups is 1. The van der Waals surface area contributed by atoms with Crippen molar-refractivity contribution in [3.63, 3.8) is 0 Å². The lowest BCUT2D eigenvalue weighted by Gasteiger charge is -2.28. The summed E-state index contributed by atoms with van der Waals surface area (Å²) >= 11 is 0. The highest BCUT2D eigenvalue weighted by Gasteiger charge is 2.29. The fourth-order valence-corrected chi connectivity index (χ4v) is 4.51. The number of benzene rings is 1. The van der Waals surface area contributed by atoms with Crippen LogP contribution in [-0.2, 0) is 14.8 Å². The van der Waals surface area contributed by atoms with Crippen LogP contribution in [0.1, 0.15) is 37.3 Å². The van der Waals surface area contributed by atoms with Gasteiger partial charge < -0.3 is 10.2 Å². The minimum atomic E-state index is -3.57. The summed E-state index contributed by atoms with van der Waals surface area (Å²) in [6.07, 6.45) is 4.52. The summed E-state index contributed by atoms with van der Waals surface area (Å²) in [7, 11) is -3.57. The maximum atomic E-state index is 12.5. The van der Waals surface area contributed by atoms with Crippen LogP contribution in [0.15, 0.2) is 18.2 Å². The number of nitrogens with one attached hydrogen (secondary N) is 1. The van der Waals surface area contributed by atoms with Crippen molar-refractivity contribution in [3.05, 3.63) is 29.3 Å². The minimum absolute atomic E-state index is 0.268. The van der Waals surface area contributed by atoms with Gasteiger partial charge in [-0.05, 0) is 82.9 Å². The molecule has 0 spiro atoms. The molecule has 6 nitrogen and oxygen atoms in total. The van der Waals surface area contributed by atoms with Crippen LogP contribution in [0.5, 0.6) is 0 Å². The summed E-state index contributed by atoms with van der Waals surface area (Å²) < 4.78 is 25.8. The van der Waals surface area contributed by atoms with Gasteiger partial charge in [-0.3, -0.25) is 9.10 Å². The molecule has 0 saturated carbocycles. The fourth-order valence-electron chi connectivity index (χ4n) is 3.34. The van der Waals surface area contributed by atoms with E-state index in [1.54, 1.807) is 13.0 Å². The normalized spacial score (nSPS) is 16.5. The monoisotopic (exact) mass is 381 g/mol. The van der Waals surface area contributed by atoms with Gasteiger partial charge in [-0.25, -0.2) is 8.42 Å². The van der Waals surface area contributed by atoms with E-state index in [9.17, 15) is 13.2 Å². The molecular formula is C19H31N3O3S. The van der Waals surface area contributed by atoms with Gasteiger partial charge in [0.25, 0.3) is 0 Å². The Kier molecular flexibility index (Phi) is 7.06. The van der Waals surface area contributed by atoms with Crippen molar-refractivity contribution in [1.29, 1.82) is 0 Å². The quantitative estimate of drug-likeness (QED) is 0.700. The number of nitrogens with zero attached hydrogens (tertiary/aromatic N) is 2. The van der Waals surface area contributed by atoms with Gasteiger partial charge in [0.1, 0.15) is 6.04 Å². The van der Waals surface area contributed by atoms with E-state index in [1.165, 1.54) is 17.1 Å². The number of amides is 1. The highest BCUT2D eigenvalue weighted by molar-refractivity contribution is 7.92. The number of likely N-dealkylation sites (tertiary alicyclic amines) is 1. The van der Waals surface area contributed by atoms with E-state index in [-0.39, 0.29) is 5.91 Å². The molecule has 0 radical (unpaired) electrons. The largest absolute Gasteiger partial charge is 0.354 e. The molecule has 1 aromatic rings. The fraction of sp³-hybridized carbons (Fsp3) is 0.632. The van der Waals surface area contributed by atoms with Gasteiger partial charge in [-0.15, -0.1) is 0 Å². The lowest BCUT2D eigenvalue weighted by molar-refractivity contribution is -0.121. The molecule has 1 amide bonds. The lowest BCUT2D eigenvalue weighted by atomic mass is 10.1. The van der Waals surface area contributed by atoms with Crippen molar-refractivity contribution < 1.29 is 13.2 Å². The third-order valence-corrected chi connectivity index (χ3v) is 6.22. The number of aryl methyl sites for hydroxylation is 2. The van der Waals surface area contributed by atoms with Gasteiger partial charge >= 0.3 is 0 Å². The van der Waals surface area contributed by atoms with Crippen LogP contribution in [0, 0.1) is 13.8 Å². The van der Waals surface area contributed by atoms with Crippen LogP contribution in [0.3, 0.4) is 0 Å². The van der Waals surface area contributed by atoms with Gasteiger partial charge in [-0.1, -0.05) is 6.07 Å². The summed E-state index contributed by atoms with van der Waals surface area (Å²) in [6, 6.07) is 4.65. The summed E-state index contributed by atoms with van der Waals surface area (Å²) in [5.74, 6) is -0.268. The van der Waals surface area contributed by atoms with Crippen LogP contribution in [0.4, 0.5) is 5.69 Å². The van der Waals surface area contributed by atoms with Crippen molar-refractivity contribution in [2.45, 2.75) is 46.1 Å². The van der Waals surface area contributed by atoms with E-state index >= 15 is 0 Å². The lowest BCUT2D eigenvalue weighted by Crippen LogP contribution is -2.48. The molecule has 1 unspecified atom stereocenters. The number of carbonyl (C=O) groups excluding carboxylic acids is 1. The van der Waals surface area contributed by atoms with Crippen LogP contribution in [-0.4, -0.2) is 57.7 Å². The molecule has 146 valence electrons. The zero-order chi connectivity index (χ0) is 19.3. The number of hydrogen-bond acceptors (Lipinski definition) is 4. The molecule has 7 heteroatoms. The van der Waals surface area contributed by atoms with E-state index in [4.69, 9.17) is 0 Å². The van der Waals surface area contributed by atoms with E-state index in [2.05, 4.69) is 10.2 Å². The molecule has 1 atom stereocenters. The van der Waals surface area contributed by atoms with Crippen LogP contribution < -0.4 is 9.62 Å². The summed E-state index contributed by atoms with van der Waals surface area (Å²) in [5, 5.41) is 2.88. The maximum absolute atomic E-state index is 12.5. The molecular weight excluding hydrogens is 350 g/mol. The predicted molar refractivity (Wildman–Crippen MR) is 106 cm³/mol. The van der Waals surface area contributed by atoms with E-state index in [1.807, 2.05) is 26.0 Å². The zero-order valence-corrected chi connectivity index (χ0v) is 17.1. The molecule has 1 aliphatic heterocycles. The van der Waals surface area contributed by atoms with Crippen molar-refractivity contribution in [2.24, 2.45) is 0 Å². The molecule has 0 aromatic heterocycles. The first-order chi connectivity index (χ1) is 12.2. The van der Waals surface area contributed by atoms with E-state index in [0.29, 0.717) is 12.2 Å². The first-order valence-corrected chi connectivity index (χ1v) is 11.1. The molecule has 1 aliphatic rings. The Balaban J connectivity index is 2.00. The van der Waals surface area contributed by atoms with Crippen molar-refractivity contribution in [1.82, 2.24) is 10.2 Å². The average molecular weight is 382 g/mol. The first kappa shape index (κ1) is 20.7. The standard InChI is InChI=1S/C19H31N3O3S/c1-15-8-9-18(14-16(15)2)22(26(4,24)25)17(3)19(23)20-10-7-13-21-11-5-6-12-21/h8-9,14,17H,5-7,10-13H2,1-4H3,(H,20,23). The van der Waals surface area contributed by atoms with Gasteiger partial charge in [0.05, 0.1) is 11.9 Å². The zero-order valence-electron chi connectivity index (χ0n) is 16.3. The van der Waals surface area contributed by atoms with Crippen molar-refractivity contribution >= 4 is 21.6 Å². The second-order valence-electron chi connectivity index (χ2n) is 7.20. The van der Waals surface area contributed by atoms with Gasteiger partial charge in [0, 0.05) is 6.54 Å². The van der Waals surface area contributed by atoms with Gasteiger partial charge in [0.15, 0.2) is 0 Å². The number of anilines is 1. The second-order valence-corrected chi connectivity index (χ2v) is 9.06. The molecule has 0 bridgehead atoms. The Labute approximate surface area is 157 Å². The van der Waals surface area contributed by atoms with Crippen molar-refractivity contribution in [2.75, 3.05) is 36.7 Å². The van der Waals surface area contributed by atoms with Crippen LogP contribution in [0.25, 0.3) is 0 Å². The van der Waals surface area contributed by atoms with E-state index in [0.717, 1.165) is 43.4 Å². The smallest absolute Gasteiger partial charge is 0.243 e. The minimum Gasteiger partial charge on any atom is -0.354 e. The van der Waals surface area contributed by atoms with Gasteiger partial charge in [0.2, 0.25) is 15.9 Å². The number of rotatable bonds is 8. The van der Waals surface area contributed by atoms with Crippen LogP contribution >= 0.6 is 0 Å². The Bertz CT molecular complexity index is 728. The first-order valence-electron chi connectivity index (χ1n) is 9.27. The topological polar surface area (TPSA) is 69.7 Å². The Morgan fingerprint density at radius 3 is 2.46 bits per heavy atom. The van der Waals surface area contributed by atoms with Crippen molar-refractivity contribution in [3.8, 4) is 0 Å². The summed E-state index contributed by atoms with van der Waals surface area (Å²) in [6.45, 7) is 9.35. The second kappa shape index (κ2) is 8.86. The summed E-state index contributed by atoms with van der Waals surface area (Å²) in [5.41, 5.74) is 2.60. The summed E-state index contributed by atoms with van der Waals surface area (Å²) in [4.78, 5) is 14.9. The average Bonchev–Trinajstić information content (AvgIpc) is 3.07. The van der Waals surface area contributed by atoms with E-state index < -0.39 is 16.1 Å². The Morgan fingerprint density at radius 1 is 1.23 bits per heavy atom. The Hall–Kier alpha value is -1.60. The Morgan fingerprint density at radius 2 is 1.88 bits per heavy atom. The highest BCUT2D eigenvalue weighted by Crippen LogP contribution is 2.23. The maximum Gasteiger partial charge on any atom is 0.243 e. The number of sulfonamides is 1. The molecule has 1 aromatic carbocycles. The molecule has 1 fully saturated rings. The SMILES string of the molecule is Cc1ccc(N(C(C)C(=O)NCCCN2CCCC2)S(C)(=O)=O)cc1C. The molecule has 26 heavy (non-hydrogen) atoms. The predicted octanol–water partition coefficient (Wildman–Crippen LogP) is 2.06. The third kappa shape index (κ3) is 5.45. The molecule has 2 rings (SSSR count). The van der Waals surface area contributed by atoms with Crippen LogP contribution in [0.2, 0.25) is 0 Å². The molecule has 1 N–H and O–H groups in total. The third-order valence-electron chi connectivity index (χ3n) is 4.98. The molecule has 1 saturated heterocycles. The number of hydrogen-bond donors (Lipinski definition) is 1. The highest BCUT2D eigenvalue weighted by atomic mass is 32.2. The molecule has 1 heterocycles.